The molecule has 3 N–H and O–H groups in total. The Kier molecular flexibility index (Phi) is 4.89. The molecular formula is C17H25N3O. The maximum absolute atomic E-state index is 12.8. The summed E-state index contributed by atoms with van der Waals surface area (Å²) < 4.78 is 0. The van der Waals surface area contributed by atoms with Crippen molar-refractivity contribution in [1.82, 2.24) is 9.88 Å². The predicted molar refractivity (Wildman–Crippen MR) is 88.4 cm³/mol. The molecule has 114 valence electrons. The van der Waals surface area contributed by atoms with Crippen LogP contribution in [0.4, 0.5) is 5.69 Å². The van der Waals surface area contributed by atoms with Crippen LogP contribution in [-0.4, -0.2) is 28.9 Å². The minimum absolute atomic E-state index is 0.0845. The summed E-state index contributed by atoms with van der Waals surface area (Å²) in [4.78, 5) is 17.9. The first-order valence-corrected chi connectivity index (χ1v) is 7.76. The molecule has 4 nitrogen and oxygen atoms in total. The lowest BCUT2D eigenvalue weighted by molar-refractivity contribution is 0.0737. The first kappa shape index (κ1) is 15.4. The number of hydrogen-bond donors (Lipinski definition) is 2. The van der Waals surface area contributed by atoms with Gasteiger partial charge >= 0.3 is 0 Å². The number of nitrogens with one attached hydrogen (secondary N) is 1. The van der Waals surface area contributed by atoms with Crippen molar-refractivity contribution in [2.24, 2.45) is 5.92 Å². The third-order valence-electron chi connectivity index (χ3n) is 4.24. The smallest absolute Gasteiger partial charge is 0.256 e. The van der Waals surface area contributed by atoms with Gasteiger partial charge in [-0.1, -0.05) is 26.7 Å². The van der Waals surface area contributed by atoms with Crippen molar-refractivity contribution in [2.45, 2.75) is 33.6 Å². The molecule has 4 heteroatoms. The number of aromatic nitrogens is 1. The molecule has 1 aromatic carbocycles. The van der Waals surface area contributed by atoms with Crippen molar-refractivity contribution >= 4 is 22.5 Å². The number of fused-ring (bicyclic) bond motifs is 1. The zero-order valence-corrected chi connectivity index (χ0v) is 13.1. The molecule has 21 heavy (non-hydrogen) atoms. The molecule has 0 aliphatic heterocycles. The van der Waals surface area contributed by atoms with Crippen molar-refractivity contribution in [2.75, 3.05) is 18.8 Å². The van der Waals surface area contributed by atoms with Gasteiger partial charge in [-0.25, -0.2) is 0 Å². The quantitative estimate of drug-likeness (QED) is 0.797. The molecule has 1 aromatic heterocycles. The highest BCUT2D eigenvalue weighted by Crippen LogP contribution is 2.23. The predicted octanol–water partition coefficient (Wildman–Crippen LogP) is 3.65. The number of H-pyrrole nitrogens is 1. The van der Waals surface area contributed by atoms with Crippen LogP contribution in [0.15, 0.2) is 24.4 Å². The third kappa shape index (κ3) is 3.20. The van der Waals surface area contributed by atoms with Crippen LogP contribution in [-0.2, 0) is 0 Å². The van der Waals surface area contributed by atoms with Gasteiger partial charge < -0.3 is 15.6 Å². The van der Waals surface area contributed by atoms with E-state index in [0.717, 1.165) is 36.8 Å². The van der Waals surface area contributed by atoms with Gasteiger partial charge in [0, 0.05) is 35.9 Å². The molecular weight excluding hydrogens is 262 g/mol. The minimum Gasteiger partial charge on any atom is -0.399 e. The molecule has 0 aliphatic carbocycles. The molecule has 0 spiro atoms. The van der Waals surface area contributed by atoms with Gasteiger partial charge in [-0.15, -0.1) is 0 Å². The van der Waals surface area contributed by atoms with Gasteiger partial charge in [0.1, 0.15) is 0 Å². The Morgan fingerprint density at radius 1 is 1.29 bits per heavy atom. The Labute approximate surface area is 126 Å². The van der Waals surface area contributed by atoms with Crippen LogP contribution < -0.4 is 5.73 Å². The highest BCUT2D eigenvalue weighted by molar-refractivity contribution is 6.07. The molecule has 0 saturated carbocycles. The van der Waals surface area contributed by atoms with Crippen LogP contribution in [0.2, 0.25) is 0 Å². The van der Waals surface area contributed by atoms with E-state index in [1.54, 1.807) is 6.20 Å². The highest BCUT2D eigenvalue weighted by Gasteiger charge is 2.20. The molecule has 1 heterocycles. The first-order chi connectivity index (χ1) is 10.1. The van der Waals surface area contributed by atoms with Crippen LogP contribution in [0.25, 0.3) is 10.9 Å². The fraction of sp³-hybridized carbons (Fsp3) is 0.471. The summed E-state index contributed by atoms with van der Waals surface area (Å²) in [6.07, 6.45) is 3.99. The van der Waals surface area contributed by atoms with Crippen molar-refractivity contribution in [3.05, 3.63) is 30.0 Å². The molecule has 0 atom stereocenters. The number of anilines is 1. The molecule has 0 fully saturated rings. The number of carbonyl (C=O) groups is 1. The molecule has 0 aliphatic rings. The fourth-order valence-corrected chi connectivity index (χ4v) is 2.70. The van der Waals surface area contributed by atoms with E-state index in [0.29, 0.717) is 17.2 Å². The lowest BCUT2D eigenvalue weighted by Crippen LogP contribution is -2.35. The van der Waals surface area contributed by atoms with E-state index < -0.39 is 0 Å². The Morgan fingerprint density at radius 3 is 2.62 bits per heavy atom. The van der Waals surface area contributed by atoms with Gasteiger partial charge in [0.05, 0.1) is 5.56 Å². The van der Waals surface area contributed by atoms with Crippen molar-refractivity contribution in [1.29, 1.82) is 0 Å². The minimum atomic E-state index is 0.0845. The SMILES string of the molecule is CCC(CC)CN(CC)C(=O)c1c[nH]c2ccc(N)cc12. The number of amides is 1. The average molecular weight is 287 g/mol. The summed E-state index contributed by atoms with van der Waals surface area (Å²) in [7, 11) is 0. The molecule has 0 unspecified atom stereocenters. The van der Waals surface area contributed by atoms with E-state index >= 15 is 0 Å². The monoisotopic (exact) mass is 287 g/mol. The van der Waals surface area contributed by atoms with E-state index in [-0.39, 0.29) is 5.91 Å². The number of benzene rings is 1. The zero-order chi connectivity index (χ0) is 15.4. The van der Waals surface area contributed by atoms with Crippen LogP contribution in [0, 0.1) is 5.92 Å². The number of hydrogen-bond acceptors (Lipinski definition) is 2. The van der Waals surface area contributed by atoms with E-state index in [4.69, 9.17) is 5.73 Å². The van der Waals surface area contributed by atoms with Gasteiger partial charge in [-0.3, -0.25) is 4.79 Å². The normalized spacial score (nSPS) is 11.2. The Hall–Kier alpha value is -1.97. The van der Waals surface area contributed by atoms with E-state index in [2.05, 4.69) is 18.8 Å². The Bertz CT molecular complexity index is 614. The molecule has 0 bridgehead atoms. The number of rotatable bonds is 6. The maximum atomic E-state index is 12.8. The fourth-order valence-electron chi connectivity index (χ4n) is 2.70. The van der Waals surface area contributed by atoms with Crippen LogP contribution in [0.5, 0.6) is 0 Å². The van der Waals surface area contributed by atoms with E-state index in [1.165, 1.54) is 0 Å². The van der Waals surface area contributed by atoms with Crippen LogP contribution in [0.1, 0.15) is 44.0 Å². The molecule has 2 aromatic rings. The van der Waals surface area contributed by atoms with Gasteiger partial charge in [-0.05, 0) is 31.0 Å². The second kappa shape index (κ2) is 6.66. The summed E-state index contributed by atoms with van der Waals surface area (Å²) in [5, 5.41) is 0.906. The summed E-state index contributed by atoms with van der Waals surface area (Å²) in [5.74, 6) is 0.644. The van der Waals surface area contributed by atoms with Gasteiger partial charge in [-0.2, -0.15) is 0 Å². The van der Waals surface area contributed by atoms with Crippen LogP contribution in [0.3, 0.4) is 0 Å². The van der Waals surface area contributed by atoms with E-state index in [9.17, 15) is 4.79 Å². The standard InChI is InChI=1S/C17H25N3O/c1-4-12(5-2)11-20(6-3)17(21)15-10-19-16-8-7-13(18)9-14(15)16/h7-10,12,19H,4-6,11,18H2,1-3H3. The van der Waals surface area contributed by atoms with Crippen LogP contribution >= 0.6 is 0 Å². The summed E-state index contributed by atoms with van der Waals surface area (Å²) in [6.45, 7) is 7.93. The lowest BCUT2D eigenvalue weighted by atomic mass is 10.0. The number of aromatic amines is 1. The summed E-state index contributed by atoms with van der Waals surface area (Å²) in [6, 6.07) is 5.62. The summed E-state index contributed by atoms with van der Waals surface area (Å²) >= 11 is 0. The Morgan fingerprint density at radius 2 is 2.00 bits per heavy atom. The molecule has 0 saturated heterocycles. The highest BCUT2D eigenvalue weighted by atomic mass is 16.2. The largest absolute Gasteiger partial charge is 0.399 e. The maximum Gasteiger partial charge on any atom is 0.256 e. The van der Waals surface area contributed by atoms with Gasteiger partial charge in [0.2, 0.25) is 0 Å². The van der Waals surface area contributed by atoms with Gasteiger partial charge in [0.25, 0.3) is 5.91 Å². The van der Waals surface area contributed by atoms with Crippen molar-refractivity contribution in [3.8, 4) is 0 Å². The number of carbonyl (C=O) groups excluding carboxylic acids is 1. The number of nitrogens with two attached hydrogens (primary N) is 1. The second-order valence-corrected chi connectivity index (χ2v) is 5.53. The van der Waals surface area contributed by atoms with Gasteiger partial charge in [0.15, 0.2) is 0 Å². The molecule has 0 radical (unpaired) electrons. The molecule has 2 rings (SSSR count). The zero-order valence-electron chi connectivity index (χ0n) is 13.1. The topological polar surface area (TPSA) is 62.1 Å². The van der Waals surface area contributed by atoms with E-state index in [1.807, 2.05) is 30.0 Å². The third-order valence-corrected chi connectivity index (χ3v) is 4.24. The second-order valence-electron chi connectivity index (χ2n) is 5.53. The Balaban J connectivity index is 2.29. The number of nitrogens with zero attached hydrogens (tertiary/aromatic N) is 1. The van der Waals surface area contributed by atoms with Crippen molar-refractivity contribution < 1.29 is 4.79 Å². The average Bonchev–Trinajstić information content (AvgIpc) is 2.91. The van der Waals surface area contributed by atoms with Crippen molar-refractivity contribution in [3.63, 3.8) is 0 Å². The molecule has 1 amide bonds. The number of nitrogen functional groups attached to an aromatic ring is 1. The summed E-state index contributed by atoms with van der Waals surface area (Å²) in [5.41, 5.74) is 8.19. The first-order valence-electron chi connectivity index (χ1n) is 7.76. The lowest BCUT2D eigenvalue weighted by Gasteiger charge is -2.25.